The zero-order valence-electron chi connectivity index (χ0n) is 9.85. The van der Waals surface area contributed by atoms with Crippen molar-refractivity contribution in [1.29, 1.82) is 0 Å². The highest BCUT2D eigenvalue weighted by Gasteiger charge is 2.14. The van der Waals surface area contributed by atoms with Crippen LogP contribution in [-0.4, -0.2) is 26.8 Å². The van der Waals surface area contributed by atoms with Gasteiger partial charge in [0.2, 0.25) is 0 Å². The van der Waals surface area contributed by atoms with Crippen molar-refractivity contribution in [2.75, 3.05) is 0 Å². The van der Waals surface area contributed by atoms with Gasteiger partial charge in [-0.2, -0.15) is 13.9 Å². The first-order valence-electron chi connectivity index (χ1n) is 5.54. The number of H-pyrrole nitrogens is 1. The van der Waals surface area contributed by atoms with Gasteiger partial charge in [0, 0.05) is 11.6 Å². The maximum atomic E-state index is 13.1. The molecule has 8 heteroatoms. The molecule has 2 aromatic heterocycles. The van der Waals surface area contributed by atoms with Crippen LogP contribution in [0, 0.1) is 5.82 Å². The standard InChI is InChI=1S/C12H7F3N4O/c13-6-1-2-7(10(3-6)20-12(14)15)8-4-16-11-9(18-8)5-17-19-11/h1-5,12H,(H,16,17,19). The minimum Gasteiger partial charge on any atom is -0.434 e. The highest BCUT2D eigenvalue weighted by Crippen LogP contribution is 2.30. The largest absolute Gasteiger partial charge is 0.434 e. The van der Waals surface area contributed by atoms with Crippen molar-refractivity contribution in [3.63, 3.8) is 0 Å². The van der Waals surface area contributed by atoms with Crippen LogP contribution in [0.1, 0.15) is 0 Å². The normalized spacial score (nSPS) is 11.2. The van der Waals surface area contributed by atoms with Crippen molar-refractivity contribution >= 4 is 11.2 Å². The number of nitrogens with one attached hydrogen (secondary N) is 1. The highest BCUT2D eigenvalue weighted by molar-refractivity contribution is 5.75. The Morgan fingerprint density at radius 2 is 2.05 bits per heavy atom. The molecule has 0 aliphatic rings. The monoisotopic (exact) mass is 280 g/mol. The lowest BCUT2D eigenvalue weighted by molar-refractivity contribution is -0.0496. The molecule has 0 fully saturated rings. The molecule has 0 aliphatic heterocycles. The van der Waals surface area contributed by atoms with Crippen LogP contribution in [0.2, 0.25) is 0 Å². The summed E-state index contributed by atoms with van der Waals surface area (Å²) in [5.74, 6) is -0.973. The van der Waals surface area contributed by atoms with E-state index in [2.05, 4.69) is 24.9 Å². The summed E-state index contributed by atoms with van der Waals surface area (Å²) >= 11 is 0. The summed E-state index contributed by atoms with van der Waals surface area (Å²) in [6.45, 7) is -3.05. The third-order valence-electron chi connectivity index (χ3n) is 2.59. The van der Waals surface area contributed by atoms with Crippen LogP contribution >= 0.6 is 0 Å². The molecule has 0 spiro atoms. The first kappa shape index (κ1) is 12.4. The summed E-state index contributed by atoms with van der Waals surface area (Å²) < 4.78 is 42.2. The third-order valence-corrected chi connectivity index (χ3v) is 2.59. The van der Waals surface area contributed by atoms with Crippen LogP contribution in [0.5, 0.6) is 5.75 Å². The average molecular weight is 280 g/mol. The molecule has 0 radical (unpaired) electrons. The van der Waals surface area contributed by atoms with Crippen LogP contribution in [0.25, 0.3) is 22.4 Å². The van der Waals surface area contributed by atoms with E-state index in [9.17, 15) is 13.2 Å². The predicted octanol–water partition coefficient (Wildman–Crippen LogP) is 2.76. The Morgan fingerprint density at radius 3 is 2.85 bits per heavy atom. The minimum atomic E-state index is -3.05. The van der Waals surface area contributed by atoms with E-state index in [1.165, 1.54) is 18.5 Å². The van der Waals surface area contributed by atoms with Crippen molar-refractivity contribution in [2.24, 2.45) is 0 Å². The van der Waals surface area contributed by atoms with Gasteiger partial charge in [-0.1, -0.05) is 0 Å². The number of halogens is 3. The Labute approximate surface area is 110 Å². The zero-order chi connectivity index (χ0) is 14.1. The molecule has 20 heavy (non-hydrogen) atoms. The molecule has 0 saturated heterocycles. The smallest absolute Gasteiger partial charge is 0.387 e. The molecule has 102 valence electrons. The molecule has 1 aromatic carbocycles. The van der Waals surface area contributed by atoms with Gasteiger partial charge in [-0.15, -0.1) is 0 Å². The van der Waals surface area contributed by atoms with Gasteiger partial charge in [0.1, 0.15) is 17.1 Å². The molecule has 3 rings (SSSR count). The molecule has 1 N–H and O–H groups in total. The molecule has 0 amide bonds. The number of fused-ring (bicyclic) bond motifs is 1. The minimum absolute atomic E-state index is 0.224. The summed E-state index contributed by atoms with van der Waals surface area (Å²) in [6, 6.07) is 3.32. The van der Waals surface area contributed by atoms with E-state index >= 15 is 0 Å². The average Bonchev–Trinajstić information content (AvgIpc) is 2.85. The van der Waals surface area contributed by atoms with E-state index in [1.54, 1.807) is 0 Å². The maximum absolute atomic E-state index is 13.1. The van der Waals surface area contributed by atoms with Crippen molar-refractivity contribution in [3.8, 4) is 17.0 Å². The molecular formula is C12H7F3N4O. The number of aromatic nitrogens is 4. The molecule has 3 aromatic rings. The van der Waals surface area contributed by atoms with Gasteiger partial charge >= 0.3 is 6.61 Å². The lowest BCUT2D eigenvalue weighted by atomic mass is 10.1. The Bertz CT molecular complexity index is 759. The van der Waals surface area contributed by atoms with Gasteiger partial charge in [-0.3, -0.25) is 5.10 Å². The Hall–Kier alpha value is -2.64. The quantitative estimate of drug-likeness (QED) is 0.801. The van der Waals surface area contributed by atoms with Crippen molar-refractivity contribution in [2.45, 2.75) is 6.61 Å². The Kier molecular flexibility index (Phi) is 2.97. The van der Waals surface area contributed by atoms with E-state index in [0.717, 1.165) is 12.1 Å². The molecule has 0 aliphatic carbocycles. The van der Waals surface area contributed by atoms with Gasteiger partial charge in [0.25, 0.3) is 0 Å². The van der Waals surface area contributed by atoms with Crippen molar-refractivity contribution in [3.05, 3.63) is 36.4 Å². The van der Waals surface area contributed by atoms with E-state index in [-0.39, 0.29) is 17.0 Å². The molecule has 0 unspecified atom stereocenters. The van der Waals surface area contributed by atoms with E-state index < -0.39 is 12.4 Å². The summed E-state index contributed by atoms with van der Waals surface area (Å²) in [4.78, 5) is 8.24. The number of alkyl halides is 2. The Balaban J connectivity index is 2.12. The SMILES string of the molecule is Fc1ccc(-c2cnc3[nH]ncc3n2)c(OC(F)F)c1. The van der Waals surface area contributed by atoms with Crippen LogP contribution in [0.15, 0.2) is 30.6 Å². The number of hydrogen-bond acceptors (Lipinski definition) is 4. The molecule has 2 heterocycles. The fourth-order valence-corrected chi connectivity index (χ4v) is 1.77. The second-order valence-electron chi connectivity index (χ2n) is 3.88. The topological polar surface area (TPSA) is 63.7 Å². The zero-order valence-corrected chi connectivity index (χ0v) is 9.85. The molecule has 0 bridgehead atoms. The lowest BCUT2D eigenvalue weighted by Crippen LogP contribution is -2.04. The van der Waals surface area contributed by atoms with Gasteiger partial charge in [-0.25, -0.2) is 14.4 Å². The lowest BCUT2D eigenvalue weighted by Gasteiger charge is -2.10. The van der Waals surface area contributed by atoms with E-state index in [4.69, 9.17) is 0 Å². The summed E-state index contributed by atoms with van der Waals surface area (Å²) in [6.07, 6.45) is 2.81. The van der Waals surface area contributed by atoms with E-state index in [0.29, 0.717) is 11.2 Å². The number of hydrogen-bond donors (Lipinski definition) is 1. The third kappa shape index (κ3) is 2.27. The van der Waals surface area contributed by atoms with Gasteiger partial charge in [0.15, 0.2) is 5.65 Å². The second-order valence-corrected chi connectivity index (χ2v) is 3.88. The number of rotatable bonds is 3. The van der Waals surface area contributed by atoms with Gasteiger partial charge < -0.3 is 4.74 Å². The van der Waals surface area contributed by atoms with Gasteiger partial charge in [-0.05, 0) is 12.1 Å². The van der Waals surface area contributed by atoms with Crippen molar-refractivity contribution < 1.29 is 17.9 Å². The van der Waals surface area contributed by atoms with Gasteiger partial charge in [0.05, 0.1) is 18.1 Å². The molecule has 0 saturated carbocycles. The predicted molar refractivity (Wildman–Crippen MR) is 63.7 cm³/mol. The number of nitrogens with zero attached hydrogens (tertiary/aromatic N) is 3. The molecule has 0 atom stereocenters. The number of ether oxygens (including phenoxy) is 1. The van der Waals surface area contributed by atoms with Crippen LogP contribution in [0.4, 0.5) is 13.2 Å². The summed E-state index contributed by atoms with van der Waals surface area (Å²) in [7, 11) is 0. The first-order valence-corrected chi connectivity index (χ1v) is 5.54. The number of aromatic amines is 1. The summed E-state index contributed by atoms with van der Waals surface area (Å²) in [5.41, 5.74) is 1.44. The first-order chi connectivity index (χ1) is 9.63. The molecule has 5 nitrogen and oxygen atoms in total. The fourth-order valence-electron chi connectivity index (χ4n) is 1.77. The number of benzene rings is 1. The van der Waals surface area contributed by atoms with E-state index in [1.807, 2.05) is 0 Å². The van der Waals surface area contributed by atoms with Crippen molar-refractivity contribution in [1.82, 2.24) is 20.2 Å². The maximum Gasteiger partial charge on any atom is 0.387 e. The second kappa shape index (κ2) is 4.80. The van der Waals surface area contributed by atoms with Crippen LogP contribution in [0.3, 0.4) is 0 Å². The summed E-state index contributed by atoms with van der Waals surface area (Å²) in [5, 5.41) is 6.38. The highest BCUT2D eigenvalue weighted by atomic mass is 19.3. The fraction of sp³-hybridized carbons (Fsp3) is 0.0833. The molecular weight excluding hydrogens is 273 g/mol. The van der Waals surface area contributed by atoms with Crippen LogP contribution in [-0.2, 0) is 0 Å². The van der Waals surface area contributed by atoms with Crippen LogP contribution < -0.4 is 4.74 Å². The Morgan fingerprint density at radius 1 is 1.20 bits per heavy atom.